The van der Waals surface area contributed by atoms with Crippen LogP contribution in [0.5, 0.6) is 5.75 Å². The molecule has 2 aromatic rings. The molecule has 0 unspecified atom stereocenters. The van der Waals surface area contributed by atoms with Gasteiger partial charge in [-0.3, -0.25) is 14.5 Å². The van der Waals surface area contributed by atoms with Gasteiger partial charge in [0, 0.05) is 0 Å². The van der Waals surface area contributed by atoms with Gasteiger partial charge in [0.2, 0.25) is 5.91 Å². The fourth-order valence-corrected chi connectivity index (χ4v) is 3.27. The zero-order valence-electron chi connectivity index (χ0n) is 18.3. The van der Waals surface area contributed by atoms with Gasteiger partial charge in [-0.15, -0.1) is 0 Å². The number of hydrogen-bond acceptors (Lipinski definition) is 5. The van der Waals surface area contributed by atoms with E-state index in [2.05, 4.69) is 19.2 Å². The normalized spacial score (nSPS) is 14.6. The number of nitrogens with zero attached hydrogens (tertiary/aromatic N) is 1. The Bertz CT molecular complexity index is 966. The Balaban J connectivity index is 1.64. The van der Waals surface area contributed by atoms with E-state index in [9.17, 15) is 14.4 Å². The van der Waals surface area contributed by atoms with Crippen LogP contribution >= 0.6 is 0 Å². The van der Waals surface area contributed by atoms with E-state index in [1.807, 2.05) is 0 Å². The molecule has 0 saturated carbocycles. The molecule has 0 saturated heterocycles. The molecule has 2 amide bonds. The second-order valence-electron chi connectivity index (χ2n) is 8.39. The lowest BCUT2D eigenvalue weighted by Gasteiger charge is -2.41. The number of esters is 1. The summed E-state index contributed by atoms with van der Waals surface area (Å²) < 4.78 is 10.9. The first kappa shape index (κ1) is 22.3. The van der Waals surface area contributed by atoms with Crippen molar-refractivity contribution in [3.63, 3.8) is 0 Å². The molecule has 0 bridgehead atoms. The van der Waals surface area contributed by atoms with Gasteiger partial charge in [0.25, 0.3) is 5.91 Å². The third kappa shape index (κ3) is 5.05. The Morgan fingerprint density at radius 3 is 2.42 bits per heavy atom. The summed E-state index contributed by atoms with van der Waals surface area (Å²) >= 11 is 0. The first-order chi connectivity index (χ1) is 14.7. The highest BCUT2D eigenvalue weighted by atomic mass is 16.5. The molecule has 1 heterocycles. The van der Waals surface area contributed by atoms with Gasteiger partial charge >= 0.3 is 5.97 Å². The third-order valence-electron chi connectivity index (χ3n) is 5.14. The lowest BCUT2D eigenvalue weighted by atomic mass is 9.96. The van der Waals surface area contributed by atoms with E-state index in [1.54, 1.807) is 62.4 Å². The van der Waals surface area contributed by atoms with Crippen LogP contribution in [0.3, 0.4) is 0 Å². The zero-order valence-corrected chi connectivity index (χ0v) is 18.3. The summed E-state index contributed by atoms with van der Waals surface area (Å²) in [6.45, 7) is 7.68. The Kier molecular flexibility index (Phi) is 6.63. The van der Waals surface area contributed by atoms with Crippen molar-refractivity contribution < 1.29 is 23.9 Å². The number of carbonyl (C=O) groups is 3. The van der Waals surface area contributed by atoms with Crippen molar-refractivity contribution in [2.24, 2.45) is 5.92 Å². The number of ether oxygens (including phenoxy) is 2. The van der Waals surface area contributed by atoms with E-state index in [-0.39, 0.29) is 5.91 Å². The average Bonchev–Trinajstić information content (AvgIpc) is 2.73. The summed E-state index contributed by atoms with van der Waals surface area (Å²) in [6.07, 6.45) is 0.944. The minimum absolute atomic E-state index is 0.307. The fraction of sp³-hybridized carbons (Fsp3) is 0.375. The van der Waals surface area contributed by atoms with Crippen LogP contribution in [0.25, 0.3) is 0 Å². The number of benzene rings is 2. The van der Waals surface area contributed by atoms with Gasteiger partial charge < -0.3 is 14.8 Å². The first-order valence-electron chi connectivity index (χ1n) is 10.3. The monoisotopic (exact) mass is 424 g/mol. The molecule has 164 valence electrons. The Labute approximate surface area is 182 Å². The summed E-state index contributed by atoms with van der Waals surface area (Å²) in [5.74, 6) is -0.177. The molecule has 1 N–H and O–H groups in total. The highest BCUT2D eigenvalue weighted by molar-refractivity contribution is 6.14. The minimum Gasteiger partial charge on any atom is -0.494 e. The van der Waals surface area contributed by atoms with Crippen LogP contribution in [0.4, 0.5) is 11.4 Å². The highest BCUT2D eigenvalue weighted by Crippen LogP contribution is 2.36. The minimum atomic E-state index is -1.12. The number of hydrogen-bond donors (Lipinski definition) is 1. The molecule has 31 heavy (non-hydrogen) atoms. The number of para-hydroxylation sites is 2. The van der Waals surface area contributed by atoms with Crippen LogP contribution < -0.4 is 15.0 Å². The number of nitrogens with one attached hydrogen (secondary N) is 1. The van der Waals surface area contributed by atoms with Gasteiger partial charge in [-0.1, -0.05) is 26.0 Å². The summed E-state index contributed by atoms with van der Waals surface area (Å²) in [4.78, 5) is 39.2. The van der Waals surface area contributed by atoms with Crippen LogP contribution in [0.2, 0.25) is 0 Å². The average molecular weight is 424 g/mol. The van der Waals surface area contributed by atoms with E-state index >= 15 is 0 Å². The van der Waals surface area contributed by atoms with Gasteiger partial charge in [-0.2, -0.15) is 0 Å². The van der Waals surface area contributed by atoms with Gasteiger partial charge in [0.15, 0.2) is 6.61 Å². The maximum atomic E-state index is 12.9. The number of rotatable bonds is 7. The predicted molar refractivity (Wildman–Crippen MR) is 118 cm³/mol. The standard InChI is InChI=1S/C24H28N2O5/c1-16(2)13-14-30-18-11-9-17(10-12-18)22(28)31-15-21(27)26-20-8-6-5-7-19(20)25-23(29)24(26,3)4/h5-12,16H,13-15H2,1-4H3,(H,25,29). The Morgan fingerprint density at radius 1 is 1.06 bits per heavy atom. The van der Waals surface area contributed by atoms with Crippen molar-refractivity contribution >= 4 is 29.2 Å². The van der Waals surface area contributed by atoms with Gasteiger partial charge in [0.1, 0.15) is 11.3 Å². The van der Waals surface area contributed by atoms with E-state index < -0.39 is 24.0 Å². The molecule has 2 aromatic carbocycles. The molecule has 7 nitrogen and oxygen atoms in total. The topological polar surface area (TPSA) is 84.9 Å². The van der Waals surface area contributed by atoms with Crippen molar-refractivity contribution in [1.29, 1.82) is 0 Å². The van der Waals surface area contributed by atoms with Crippen molar-refractivity contribution in [2.75, 3.05) is 23.4 Å². The van der Waals surface area contributed by atoms with Crippen molar-refractivity contribution in [2.45, 2.75) is 39.7 Å². The van der Waals surface area contributed by atoms with Crippen molar-refractivity contribution in [3.05, 3.63) is 54.1 Å². The largest absolute Gasteiger partial charge is 0.494 e. The Morgan fingerprint density at radius 2 is 1.74 bits per heavy atom. The number of amides is 2. The quantitative estimate of drug-likeness (QED) is 0.679. The molecule has 3 rings (SSSR count). The Hall–Kier alpha value is -3.35. The van der Waals surface area contributed by atoms with Crippen LogP contribution in [0.1, 0.15) is 44.5 Å². The molecule has 1 aliphatic rings. The van der Waals surface area contributed by atoms with Gasteiger partial charge in [-0.25, -0.2) is 4.79 Å². The number of fused-ring (bicyclic) bond motifs is 1. The third-order valence-corrected chi connectivity index (χ3v) is 5.14. The molecular weight excluding hydrogens is 396 g/mol. The first-order valence-corrected chi connectivity index (χ1v) is 10.3. The van der Waals surface area contributed by atoms with Gasteiger partial charge in [0.05, 0.1) is 23.5 Å². The second kappa shape index (κ2) is 9.20. The van der Waals surface area contributed by atoms with Crippen LogP contribution in [-0.4, -0.2) is 36.5 Å². The lowest BCUT2D eigenvalue weighted by Crippen LogP contribution is -2.59. The molecule has 0 spiro atoms. The molecule has 0 aliphatic carbocycles. The molecule has 0 aromatic heterocycles. The van der Waals surface area contributed by atoms with Crippen LogP contribution in [-0.2, 0) is 14.3 Å². The molecule has 0 fully saturated rings. The fourth-order valence-electron chi connectivity index (χ4n) is 3.27. The molecule has 7 heteroatoms. The van der Waals surface area contributed by atoms with Crippen molar-refractivity contribution in [3.8, 4) is 5.75 Å². The highest BCUT2D eigenvalue weighted by Gasteiger charge is 2.43. The van der Waals surface area contributed by atoms with E-state index in [0.29, 0.717) is 35.2 Å². The zero-order chi connectivity index (χ0) is 22.6. The SMILES string of the molecule is CC(C)CCOc1ccc(C(=O)OCC(=O)N2c3ccccc3NC(=O)C2(C)C)cc1. The van der Waals surface area contributed by atoms with Crippen LogP contribution in [0, 0.1) is 5.92 Å². The number of carbonyl (C=O) groups excluding carboxylic acids is 3. The van der Waals surface area contributed by atoms with E-state index in [1.165, 1.54) is 4.90 Å². The predicted octanol–water partition coefficient (Wildman–Crippen LogP) is 4.03. The molecule has 1 aliphatic heterocycles. The summed E-state index contributed by atoms with van der Waals surface area (Å²) in [5.41, 5.74) is 0.308. The van der Waals surface area contributed by atoms with E-state index in [4.69, 9.17) is 9.47 Å². The second-order valence-corrected chi connectivity index (χ2v) is 8.39. The molecule has 0 atom stereocenters. The lowest BCUT2D eigenvalue weighted by molar-refractivity contribution is -0.128. The van der Waals surface area contributed by atoms with Crippen LogP contribution in [0.15, 0.2) is 48.5 Å². The molecular formula is C24H28N2O5. The maximum Gasteiger partial charge on any atom is 0.338 e. The summed E-state index contributed by atoms with van der Waals surface area (Å²) in [7, 11) is 0. The summed E-state index contributed by atoms with van der Waals surface area (Å²) in [5, 5.41) is 2.80. The van der Waals surface area contributed by atoms with E-state index in [0.717, 1.165) is 6.42 Å². The molecule has 0 radical (unpaired) electrons. The number of anilines is 2. The van der Waals surface area contributed by atoms with Crippen molar-refractivity contribution in [1.82, 2.24) is 0 Å². The summed E-state index contributed by atoms with van der Waals surface area (Å²) in [6, 6.07) is 13.6. The van der Waals surface area contributed by atoms with Gasteiger partial charge in [-0.05, 0) is 62.6 Å². The maximum absolute atomic E-state index is 12.9. The smallest absolute Gasteiger partial charge is 0.338 e.